The molecule has 0 radical (unpaired) electrons. The molecule has 1 rings (SSSR count). The predicted molar refractivity (Wildman–Crippen MR) is 53.5 cm³/mol. The molecule has 86 valence electrons. The molecular weight excluding hydrogens is 198 g/mol. The van der Waals surface area contributed by atoms with Crippen molar-refractivity contribution in [2.45, 2.75) is 38.8 Å². The van der Waals surface area contributed by atoms with Gasteiger partial charge >= 0.3 is 5.97 Å². The zero-order chi connectivity index (χ0) is 11.4. The fraction of sp³-hybridized carbons (Fsp3) is 0.800. The van der Waals surface area contributed by atoms with Gasteiger partial charge in [-0.25, -0.2) is 0 Å². The van der Waals surface area contributed by atoms with Gasteiger partial charge in [0, 0.05) is 12.6 Å². The van der Waals surface area contributed by atoms with Crippen LogP contribution in [0.4, 0.5) is 0 Å². The normalized spacial score (nSPS) is 20.6. The van der Waals surface area contributed by atoms with Crippen molar-refractivity contribution in [2.24, 2.45) is 0 Å². The zero-order valence-corrected chi connectivity index (χ0v) is 9.10. The Morgan fingerprint density at radius 3 is 2.60 bits per heavy atom. The summed E-state index contributed by atoms with van der Waals surface area (Å²) in [6, 6.07) is -0.113. The number of amides is 1. The number of hydrogen-bond acceptors (Lipinski definition) is 3. The van der Waals surface area contributed by atoms with Crippen molar-refractivity contribution in [1.82, 2.24) is 4.90 Å². The smallest absolute Gasteiger partial charge is 0.323 e. The van der Waals surface area contributed by atoms with Gasteiger partial charge in [0.15, 0.2) is 0 Å². The molecule has 5 heteroatoms. The highest BCUT2D eigenvalue weighted by Crippen LogP contribution is 2.15. The van der Waals surface area contributed by atoms with Crippen LogP contribution in [0.25, 0.3) is 0 Å². The Hall–Kier alpha value is -1.10. The zero-order valence-electron chi connectivity index (χ0n) is 9.10. The molecule has 0 bridgehead atoms. The lowest BCUT2D eigenvalue weighted by Gasteiger charge is -2.27. The standard InChI is InChI=1S/C10H17NO4/c1-7(2)11(6-9(12)13)10(14)8-4-3-5-15-8/h7-8H,3-6H2,1-2H3,(H,12,13)/t8-/m1/s1. The Balaban J connectivity index is 2.61. The molecule has 1 aliphatic heterocycles. The second-order valence-electron chi connectivity index (χ2n) is 3.96. The van der Waals surface area contributed by atoms with Crippen molar-refractivity contribution in [3.8, 4) is 0 Å². The molecule has 1 fully saturated rings. The van der Waals surface area contributed by atoms with Gasteiger partial charge in [0.05, 0.1) is 0 Å². The van der Waals surface area contributed by atoms with Crippen molar-refractivity contribution in [3.63, 3.8) is 0 Å². The summed E-state index contributed by atoms with van der Waals surface area (Å²) in [5.41, 5.74) is 0. The topological polar surface area (TPSA) is 66.8 Å². The van der Waals surface area contributed by atoms with Crippen LogP contribution < -0.4 is 0 Å². The molecule has 1 aliphatic rings. The number of carbonyl (C=O) groups excluding carboxylic acids is 1. The highest BCUT2D eigenvalue weighted by Gasteiger charge is 2.30. The van der Waals surface area contributed by atoms with E-state index in [1.165, 1.54) is 4.90 Å². The molecule has 15 heavy (non-hydrogen) atoms. The van der Waals surface area contributed by atoms with Crippen molar-refractivity contribution < 1.29 is 19.4 Å². The summed E-state index contributed by atoms with van der Waals surface area (Å²) in [7, 11) is 0. The first-order chi connectivity index (χ1) is 7.02. The van der Waals surface area contributed by atoms with Gasteiger partial charge in [0.25, 0.3) is 5.91 Å². The van der Waals surface area contributed by atoms with Gasteiger partial charge in [-0.3, -0.25) is 9.59 Å². The summed E-state index contributed by atoms with van der Waals surface area (Å²) in [5.74, 6) is -1.19. The summed E-state index contributed by atoms with van der Waals surface area (Å²) in [6.07, 6.45) is 1.13. The first-order valence-electron chi connectivity index (χ1n) is 5.16. The van der Waals surface area contributed by atoms with Gasteiger partial charge < -0.3 is 14.7 Å². The average Bonchev–Trinajstić information content (AvgIpc) is 2.65. The van der Waals surface area contributed by atoms with Crippen molar-refractivity contribution in [3.05, 3.63) is 0 Å². The van der Waals surface area contributed by atoms with E-state index < -0.39 is 12.1 Å². The fourth-order valence-electron chi connectivity index (χ4n) is 1.62. The molecule has 0 unspecified atom stereocenters. The number of carbonyl (C=O) groups is 2. The maximum atomic E-state index is 11.9. The first kappa shape index (κ1) is 12.0. The highest BCUT2D eigenvalue weighted by atomic mass is 16.5. The van der Waals surface area contributed by atoms with Crippen molar-refractivity contribution in [1.29, 1.82) is 0 Å². The monoisotopic (exact) mass is 215 g/mol. The first-order valence-corrected chi connectivity index (χ1v) is 5.16. The van der Waals surface area contributed by atoms with E-state index in [1.54, 1.807) is 13.8 Å². The van der Waals surface area contributed by atoms with Gasteiger partial charge in [0.2, 0.25) is 0 Å². The van der Waals surface area contributed by atoms with Gasteiger partial charge in [-0.05, 0) is 26.7 Å². The third kappa shape index (κ3) is 3.20. The van der Waals surface area contributed by atoms with E-state index in [9.17, 15) is 9.59 Å². The van der Waals surface area contributed by atoms with Gasteiger partial charge in [-0.2, -0.15) is 0 Å². The van der Waals surface area contributed by atoms with Crippen LogP contribution in [0.3, 0.4) is 0 Å². The quantitative estimate of drug-likeness (QED) is 0.741. The largest absolute Gasteiger partial charge is 0.480 e. The lowest BCUT2D eigenvalue weighted by atomic mass is 10.2. The van der Waals surface area contributed by atoms with Crippen molar-refractivity contribution in [2.75, 3.05) is 13.2 Å². The lowest BCUT2D eigenvalue weighted by Crippen LogP contribution is -2.45. The van der Waals surface area contributed by atoms with Crippen molar-refractivity contribution >= 4 is 11.9 Å². The van der Waals surface area contributed by atoms with Gasteiger partial charge in [-0.1, -0.05) is 0 Å². The van der Waals surface area contributed by atoms with E-state index in [0.29, 0.717) is 13.0 Å². The Morgan fingerprint density at radius 2 is 2.20 bits per heavy atom. The van der Waals surface area contributed by atoms with E-state index in [1.807, 2.05) is 0 Å². The molecule has 0 spiro atoms. The number of carboxylic acids is 1. The summed E-state index contributed by atoms with van der Waals surface area (Å²) in [5, 5.41) is 8.69. The molecule has 1 amide bonds. The molecule has 0 aromatic carbocycles. The van der Waals surface area contributed by atoms with Crippen LogP contribution >= 0.6 is 0 Å². The maximum absolute atomic E-state index is 11.9. The van der Waals surface area contributed by atoms with E-state index in [-0.39, 0.29) is 18.5 Å². The van der Waals surface area contributed by atoms with Crippen LogP contribution in [0.5, 0.6) is 0 Å². The minimum Gasteiger partial charge on any atom is -0.480 e. The number of carboxylic acid groups (broad SMARTS) is 1. The minimum absolute atomic E-state index is 0.113. The van der Waals surface area contributed by atoms with Crippen LogP contribution in [0.1, 0.15) is 26.7 Å². The summed E-state index contributed by atoms with van der Waals surface area (Å²) < 4.78 is 5.24. The maximum Gasteiger partial charge on any atom is 0.323 e. The Bertz CT molecular complexity index is 246. The van der Waals surface area contributed by atoms with Crippen LogP contribution in [0.15, 0.2) is 0 Å². The molecule has 1 heterocycles. The molecule has 1 N–H and O–H groups in total. The van der Waals surface area contributed by atoms with E-state index in [4.69, 9.17) is 9.84 Å². The van der Waals surface area contributed by atoms with E-state index in [0.717, 1.165) is 6.42 Å². The van der Waals surface area contributed by atoms with E-state index in [2.05, 4.69) is 0 Å². The highest BCUT2D eigenvalue weighted by molar-refractivity contribution is 5.85. The molecule has 0 aromatic heterocycles. The molecular formula is C10H17NO4. The lowest BCUT2D eigenvalue weighted by molar-refractivity contribution is -0.150. The fourth-order valence-corrected chi connectivity index (χ4v) is 1.62. The van der Waals surface area contributed by atoms with Gasteiger partial charge in [0.1, 0.15) is 12.6 Å². The number of hydrogen-bond donors (Lipinski definition) is 1. The molecule has 0 saturated carbocycles. The van der Waals surface area contributed by atoms with Crippen LogP contribution in [0.2, 0.25) is 0 Å². The van der Waals surface area contributed by atoms with Crippen LogP contribution in [0, 0.1) is 0 Å². The SMILES string of the molecule is CC(C)N(CC(=O)O)C(=O)[C@H]1CCCO1. The van der Waals surface area contributed by atoms with Crippen LogP contribution in [-0.2, 0) is 14.3 Å². The van der Waals surface area contributed by atoms with Gasteiger partial charge in [-0.15, -0.1) is 0 Å². The summed E-state index contributed by atoms with van der Waals surface area (Å²) >= 11 is 0. The predicted octanol–water partition coefficient (Wildman–Crippen LogP) is 0.487. The Morgan fingerprint density at radius 1 is 1.53 bits per heavy atom. The molecule has 1 atom stereocenters. The third-order valence-electron chi connectivity index (χ3n) is 2.42. The minimum atomic E-state index is -0.991. The second-order valence-corrected chi connectivity index (χ2v) is 3.96. The Kier molecular flexibility index (Phi) is 4.08. The number of aliphatic carboxylic acids is 1. The number of nitrogens with zero attached hydrogens (tertiary/aromatic N) is 1. The number of ether oxygens (including phenoxy) is 1. The van der Waals surface area contributed by atoms with E-state index >= 15 is 0 Å². The molecule has 0 aliphatic carbocycles. The summed E-state index contributed by atoms with van der Waals surface area (Å²) in [4.78, 5) is 23.8. The molecule has 0 aromatic rings. The van der Waals surface area contributed by atoms with Crippen LogP contribution in [-0.4, -0.2) is 47.2 Å². The Labute approximate surface area is 89.0 Å². The second kappa shape index (κ2) is 5.11. The molecule has 5 nitrogen and oxygen atoms in total. The molecule has 1 saturated heterocycles. The number of rotatable bonds is 4. The summed E-state index contributed by atoms with van der Waals surface area (Å²) in [6.45, 7) is 3.94. The average molecular weight is 215 g/mol. The third-order valence-corrected chi connectivity index (χ3v) is 2.42.